The number of rotatable bonds is 6. The zero-order chi connectivity index (χ0) is 24.6. The van der Waals surface area contributed by atoms with Crippen LogP contribution in [0.15, 0.2) is 46.9 Å². The predicted octanol–water partition coefficient (Wildman–Crippen LogP) is 6.21. The average molecular weight is 491 g/mol. The number of allylic oxidation sites excluding steroid dienone is 2. The largest absolute Gasteiger partial charge is 0.325 e. The number of likely N-dealkylation sites (N-methyl/N-ethyl adjacent to an activating group) is 1. The minimum Gasteiger partial charge on any atom is -0.317 e. The van der Waals surface area contributed by atoms with Crippen LogP contribution < -0.4 is 4.90 Å². The monoisotopic (exact) mass is 490 g/mol. The van der Waals surface area contributed by atoms with Gasteiger partial charge in [0.25, 0.3) is 0 Å². The van der Waals surface area contributed by atoms with Crippen LogP contribution in [0.2, 0.25) is 0 Å². The number of amides is 2. The van der Waals surface area contributed by atoms with E-state index in [1.165, 1.54) is 24.8 Å². The number of nitrogens with zero attached hydrogens (tertiary/aromatic N) is 4. The lowest BCUT2D eigenvalue weighted by Crippen LogP contribution is -2.58. The Hall–Kier alpha value is -2.23. The topological polar surface area (TPSA) is 50.6 Å². The van der Waals surface area contributed by atoms with Crippen molar-refractivity contribution < 1.29 is 4.79 Å². The van der Waals surface area contributed by atoms with E-state index in [1.54, 1.807) is 11.8 Å². The van der Waals surface area contributed by atoms with Crippen molar-refractivity contribution in [1.82, 2.24) is 9.80 Å². The first-order valence-corrected chi connectivity index (χ1v) is 14.4. The standard InChI is InChI=1S/C29H38N4OS/c1-31(2)29(24-10-5-4-6-11-24)16-14-28(15-17-29)21-32(27(34)33(28)20-22-8-7-9-22)26-13-12-25(35-3)18-23(26)19-30/h5,10-13,18,22H,4,6-9,14-17,20-21H2,1-3H3. The van der Waals surface area contributed by atoms with E-state index in [0.29, 0.717) is 18.0 Å². The first-order valence-electron chi connectivity index (χ1n) is 13.1. The lowest BCUT2D eigenvalue weighted by atomic mass is 9.67. The van der Waals surface area contributed by atoms with Crippen LogP contribution in [0.3, 0.4) is 0 Å². The first-order chi connectivity index (χ1) is 16.9. The van der Waals surface area contributed by atoms with Gasteiger partial charge in [-0.3, -0.25) is 9.80 Å². The van der Waals surface area contributed by atoms with Crippen LogP contribution in [0, 0.1) is 17.2 Å². The number of nitriles is 1. The molecule has 186 valence electrons. The Bertz CT molecular complexity index is 1070. The van der Waals surface area contributed by atoms with E-state index in [2.05, 4.69) is 48.2 Å². The maximum absolute atomic E-state index is 14.0. The van der Waals surface area contributed by atoms with Crippen molar-refractivity contribution in [2.45, 2.75) is 73.8 Å². The van der Waals surface area contributed by atoms with Crippen molar-refractivity contribution in [3.05, 3.63) is 47.6 Å². The van der Waals surface area contributed by atoms with Gasteiger partial charge in [-0.25, -0.2) is 4.79 Å². The molecule has 6 heteroatoms. The highest BCUT2D eigenvalue weighted by Gasteiger charge is 2.55. The number of hydrogen-bond acceptors (Lipinski definition) is 4. The van der Waals surface area contributed by atoms with Crippen LogP contribution in [0.1, 0.15) is 63.4 Å². The molecule has 1 aliphatic heterocycles. The molecule has 35 heavy (non-hydrogen) atoms. The van der Waals surface area contributed by atoms with E-state index in [-0.39, 0.29) is 17.1 Å². The minimum atomic E-state index is -0.157. The van der Waals surface area contributed by atoms with Gasteiger partial charge >= 0.3 is 6.03 Å². The highest BCUT2D eigenvalue weighted by atomic mass is 32.2. The normalized spacial score (nSPS) is 29.0. The van der Waals surface area contributed by atoms with Gasteiger partial charge in [0.2, 0.25) is 0 Å². The van der Waals surface area contributed by atoms with Gasteiger partial charge in [0.1, 0.15) is 6.07 Å². The summed E-state index contributed by atoms with van der Waals surface area (Å²) in [5, 5.41) is 9.89. The highest BCUT2D eigenvalue weighted by molar-refractivity contribution is 7.98. The van der Waals surface area contributed by atoms with Crippen molar-refractivity contribution in [2.24, 2.45) is 5.92 Å². The summed E-state index contributed by atoms with van der Waals surface area (Å²) in [5.41, 5.74) is 2.71. The molecule has 1 aromatic rings. The molecule has 1 heterocycles. The molecule has 0 unspecified atom stereocenters. The molecule has 3 fully saturated rings. The Balaban J connectivity index is 1.47. The van der Waals surface area contributed by atoms with E-state index in [1.807, 2.05) is 29.4 Å². The van der Waals surface area contributed by atoms with Crippen LogP contribution in [-0.2, 0) is 0 Å². The molecule has 1 saturated heterocycles. The Labute approximate surface area is 214 Å². The number of urea groups is 1. The molecule has 5 nitrogen and oxygen atoms in total. The second kappa shape index (κ2) is 9.67. The second-order valence-corrected chi connectivity index (χ2v) is 11.9. The summed E-state index contributed by atoms with van der Waals surface area (Å²) in [7, 11) is 4.43. The average Bonchev–Trinajstić information content (AvgIpc) is 3.12. The van der Waals surface area contributed by atoms with Crippen LogP contribution in [-0.4, -0.2) is 60.3 Å². The van der Waals surface area contributed by atoms with Crippen molar-refractivity contribution in [2.75, 3.05) is 38.3 Å². The van der Waals surface area contributed by atoms with Crippen LogP contribution in [0.25, 0.3) is 0 Å². The highest BCUT2D eigenvalue weighted by Crippen LogP contribution is 2.49. The predicted molar refractivity (Wildman–Crippen MR) is 144 cm³/mol. The summed E-state index contributed by atoms with van der Waals surface area (Å²) < 4.78 is 0. The number of hydrogen-bond donors (Lipinski definition) is 0. The lowest BCUT2D eigenvalue weighted by molar-refractivity contribution is 0.0376. The number of thioether (sulfide) groups is 1. The molecule has 1 aromatic carbocycles. The second-order valence-electron chi connectivity index (χ2n) is 11.1. The zero-order valence-electron chi connectivity index (χ0n) is 21.4. The maximum Gasteiger partial charge on any atom is 0.325 e. The Morgan fingerprint density at radius 3 is 2.51 bits per heavy atom. The molecule has 0 aromatic heterocycles. The van der Waals surface area contributed by atoms with Gasteiger partial charge in [-0.1, -0.05) is 24.6 Å². The van der Waals surface area contributed by atoms with Crippen molar-refractivity contribution in [3.8, 4) is 6.07 Å². The molecule has 0 N–H and O–H groups in total. The maximum atomic E-state index is 14.0. The van der Waals surface area contributed by atoms with E-state index < -0.39 is 0 Å². The van der Waals surface area contributed by atoms with Gasteiger partial charge in [-0.05, 0) is 101 Å². The summed E-state index contributed by atoms with van der Waals surface area (Å²) >= 11 is 1.63. The minimum absolute atomic E-state index is 0.0403. The summed E-state index contributed by atoms with van der Waals surface area (Å²) in [6.07, 6.45) is 19.2. The molecule has 2 saturated carbocycles. The number of anilines is 1. The molecule has 1 spiro atoms. The summed E-state index contributed by atoms with van der Waals surface area (Å²) in [4.78, 5) is 21.6. The van der Waals surface area contributed by atoms with Gasteiger partial charge in [0.05, 0.1) is 23.3 Å². The van der Waals surface area contributed by atoms with Gasteiger partial charge in [-0.15, -0.1) is 11.8 Å². The molecule has 4 aliphatic rings. The van der Waals surface area contributed by atoms with Crippen molar-refractivity contribution in [1.29, 1.82) is 5.26 Å². The van der Waals surface area contributed by atoms with Gasteiger partial charge < -0.3 is 4.90 Å². The van der Waals surface area contributed by atoms with E-state index in [4.69, 9.17) is 0 Å². The van der Waals surface area contributed by atoms with Gasteiger partial charge in [-0.2, -0.15) is 5.26 Å². The summed E-state index contributed by atoms with van der Waals surface area (Å²) in [6, 6.07) is 8.40. The fraction of sp³-hybridized carbons (Fsp3) is 0.586. The van der Waals surface area contributed by atoms with Crippen LogP contribution >= 0.6 is 11.8 Å². The number of carbonyl (C=O) groups excluding carboxylic acids is 1. The van der Waals surface area contributed by atoms with E-state index in [9.17, 15) is 10.1 Å². The van der Waals surface area contributed by atoms with Crippen LogP contribution in [0.5, 0.6) is 0 Å². The number of carbonyl (C=O) groups is 1. The number of benzene rings is 1. The molecule has 0 bridgehead atoms. The summed E-state index contributed by atoms with van der Waals surface area (Å²) in [5.74, 6) is 0.620. The quantitative estimate of drug-likeness (QED) is 0.445. The Morgan fingerprint density at radius 2 is 1.94 bits per heavy atom. The van der Waals surface area contributed by atoms with E-state index in [0.717, 1.165) is 55.7 Å². The van der Waals surface area contributed by atoms with Crippen molar-refractivity contribution >= 4 is 23.5 Å². The first kappa shape index (κ1) is 24.5. The van der Waals surface area contributed by atoms with Crippen molar-refractivity contribution in [3.63, 3.8) is 0 Å². The molecule has 2 amide bonds. The molecular weight excluding hydrogens is 452 g/mol. The molecule has 0 atom stereocenters. The van der Waals surface area contributed by atoms with E-state index >= 15 is 0 Å². The molecule has 5 rings (SSSR count). The lowest BCUT2D eigenvalue weighted by Gasteiger charge is -2.52. The fourth-order valence-electron chi connectivity index (χ4n) is 6.67. The third kappa shape index (κ3) is 4.21. The third-order valence-corrected chi connectivity index (χ3v) is 9.89. The summed E-state index contributed by atoms with van der Waals surface area (Å²) in [6.45, 7) is 1.54. The SMILES string of the molecule is CSc1ccc(N2CC3(CCC(C4=CCCC=C4)(N(C)C)CC3)N(CC3CCC3)C2=O)c(C#N)c1. The third-order valence-electron chi connectivity index (χ3n) is 9.16. The molecule has 0 radical (unpaired) electrons. The smallest absolute Gasteiger partial charge is 0.317 e. The van der Waals surface area contributed by atoms with Gasteiger partial charge in [0, 0.05) is 17.0 Å². The van der Waals surface area contributed by atoms with Crippen LogP contribution in [0.4, 0.5) is 10.5 Å². The molecule has 3 aliphatic carbocycles. The van der Waals surface area contributed by atoms with Gasteiger partial charge in [0.15, 0.2) is 0 Å². The Morgan fingerprint density at radius 1 is 1.17 bits per heavy atom. The molecular formula is C29H38N4OS. The fourth-order valence-corrected chi connectivity index (χ4v) is 7.11. The Kier molecular flexibility index (Phi) is 6.76. The zero-order valence-corrected chi connectivity index (χ0v) is 22.2.